The zero-order valence-corrected chi connectivity index (χ0v) is 13.3. The van der Waals surface area contributed by atoms with Crippen molar-refractivity contribution in [2.24, 2.45) is 0 Å². The smallest absolute Gasteiger partial charge is 0.264 e. The number of methoxy groups -OCH3 is 2. The number of hydrogen-bond donors (Lipinski definition) is 0. The highest BCUT2D eigenvalue weighted by Crippen LogP contribution is 2.34. The van der Waals surface area contributed by atoms with Crippen LogP contribution in [-0.4, -0.2) is 39.1 Å². The van der Waals surface area contributed by atoms with Crippen molar-refractivity contribution in [2.45, 2.75) is 0 Å². The second kappa shape index (κ2) is 6.96. The van der Waals surface area contributed by atoms with E-state index in [1.165, 1.54) is 18.1 Å². The van der Waals surface area contributed by atoms with Gasteiger partial charge in [-0.3, -0.25) is 4.79 Å². The molecule has 106 valence electrons. The molecule has 0 aliphatic rings. The van der Waals surface area contributed by atoms with Crippen LogP contribution in [0.5, 0.6) is 11.5 Å². The Morgan fingerprint density at radius 2 is 1.90 bits per heavy atom. The lowest BCUT2D eigenvalue weighted by Gasteiger charge is -2.12. The third-order valence-corrected chi connectivity index (χ3v) is 3.18. The molecular formula is C14H15BrN2O3. The van der Waals surface area contributed by atoms with E-state index in [4.69, 9.17) is 14.7 Å². The van der Waals surface area contributed by atoms with Gasteiger partial charge in [-0.25, -0.2) is 0 Å². The van der Waals surface area contributed by atoms with Gasteiger partial charge in [0.25, 0.3) is 5.91 Å². The number of halogens is 1. The summed E-state index contributed by atoms with van der Waals surface area (Å²) >= 11 is 3.36. The van der Waals surface area contributed by atoms with Crippen molar-refractivity contribution in [2.75, 3.05) is 28.3 Å². The lowest BCUT2D eigenvalue weighted by atomic mass is 10.1. The van der Waals surface area contributed by atoms with E-state index in [2.05, 4.69) is 15.9 Å². The molecule has 0 atom stereocenters. The van der Waals surface area contributed by atoms with Crippen molar-refractivity contribution < 1.29 is 14.3 Å². The van der Waals surface area contributed by atoms with Crippen LogP contribution in [0, 0.1) is 11.3 Å². The quantitative estimate of drug-likeness (QED) is 0.624. The maximum atomic E-state index is 11.8. The Labute approximate surface area is 126 Å². The molecular weight excluding hydrogens is 324 g/mol. The Balaban J connectivity index is 3.35. The van der Waals surface area contributed by atoms with Gasteiger partial charge in [0.05, 0.1) is 18.7 Å². The van der Waals surface area contributed by atoms with Gasteiger partial charge in [-0.05, 0) is 28.1 Å². The molecule has 0 N–H and O–H groups in total. The normalized spacial score (nSPS) is 10.7. The van der Waals surface area contributed by atoms with Crippen molar-refractivity contribution in [1.29, 1.82) is 5.26 Å². The molecule has 0 saturated heterocycles. The Morgan fingerprint density at radius 1 is 1.30 bits per heavy atom. The Kier molecular flexibility index (Phi) is 5.59. The van der Waals surface area contributed by atoms with Crippen molar-refractivity contribution >= 4 is 27.9 Å². The monoisotopic (exact) mass is 338 g/mol. The van der Waals surface area contributed by atoms with Crippen LogP contribution >= 0.6 is 15.9 Å². The minimum Gasteiger partial charge on any atom is -0.496 e. The number of nitrogens with zero attached hydrogens (tertiary/aromatic N) is 2. The van der Waals surface area contributed by atoms with E-state index < -0.39 is 0 Å². The first kappa shape index (κ1) is 16.1. The number of carbonyl (C=O) groups is 1. The summed E-state index contributed by atoms with van der Waals surface area (Å²) < 4.78 is 11.1. The molecule has 0 saturated carbocycles. The molecule has 0 bridgehead atoms. The van der Waals surface area contributed by atoms with Gasteiger partial charge in [0.2, 0.25) is 0 Å². The van der Waals surface area contributed by atoms with Crippen LogP contribution in [0.15, 0.2) is 22.2 Å². The Bertz CT molecular complexity index is 589. The average molecular weight is 339 g/mol. The van der Waals surface area contributed by atoms with Gasteiger partial charge < -0.3 is 14.4 Å². The Morgan fingerprint density at radius 3 is 2.35 bits per heavy atom. The number of benzene rings is 1. The number of carbonyl (C=O) groups excluding carboxylic acids is 1. The molecule has 0 aliphatic carbocycles. The van der Waals surface area contributed by atoms with Gasteiger partial charge in [-0.15, -0.1) is 0 Å². The molecule has 0 unspecified atom stereocenters. The second-order valence-electron chi connectivity index (χ2n) is 4.10. The summed E-state index contributed by atoms with van der Waals surface area (Å²) in [6, 6.07) is 5.32. The van der Waals surface area contributed by atoms with E-state index in [1.807, 2.05) is 6.07 Å². The fourth-order valence-electron chi connectivity index (χ4n) is 1.53. The van der Waals surface area contributed by atoms with E-state index >= 15 is 0 Å². The zero-order valence-electron chi connectivity index (χ0n) is 11.7. The molecule has 0 heterocycles. The fourth-order valence-corrected chi connectivity index (χ4v) is 2.06. The highest BCUT2D eigenvalue weighted by Gasteiger charge is 2.14. The number of nitriles is 1. The number of rotatable bonds is 4. The zero-order chi connectivity index (χ0) is 15.3. The topological polar surface area (TPSA) is 62.6 Å². The van der Waals surface area contributed by atoms with Crippen LogP contribution in [0.2, 0.25) is 0 Å². The molecule has 1 aromatic carbocycles. The van der Waals surface area contributed by atoms with E-state index in [1.54, 1.807) is 33.3 Å². The Hall–Kier alpha value is -2.00. The maximum Gasteiger partial charge on any atom is 0.264 e. The van der Waals surface area contributed by atoms with Crippen LogP contribution in [0.1, 0.15) is 5.56 Å². The summed E-state index contributed by atoms with van der Waals surface area (Å²) in [5, 5.41) is 9.10. The fraction of sp³-hybridized carbons (Fsp3) is 0.286. The lowest BCUT2D eigenvalue weighted by Crippen LogP contribution is -2.22. The third kappa shape index (κ3) is 3.52. The third-order valence-electron chi connectivity index (χ3n) is 2.56. The van der Waals surface area contributed by atoms with Gasteiger partial charge in [-0.1, -0.05) is 0 Å². The van der Waals surface area contributed by atoms with Crippen LogP contribution in [0.25, 0.3) is 6.08 Å². The van der Waals surface area contributed by atoms with Gasteiger partial charge in [0.1, 0.15) is 23.1 Å². The molecule has 0 fully saturated rings. The first-order valence-corrected chi connectivity index (χ1v) is 6.48. The summed E-state index contributed by atoms with van der Waals surface area (Å²) in [5.74, 6) is 0.766. The molecule has 20 heavy (non-hydrogen) atoms. The van der Waals surface area contributed by atoms with E-state index in [0.717, 1.165) is 0 Å². The predicted molar refractivity (Wildman–Crippen MR) is 79.5 cm³/mol. The van der Waals surface area contributed by atoms with Crippen LogP contribution in [-0.2, 0) is 4.79 Å². The van der Waals surface area contributed by atoms with Crippen LogP contribution in [0.4, 0.5) is 0 Å². The highest BCUT2D eigenvalue weighted by molar-refractivity contribution is 9.10. The molecule has 1 amide bonds. The van der Waals surface area contributed by atoms with Crippen LogP contribution in [0.3, 0.4) is 0 Å². The molecule has 0 aliphatic heterocycles. The van der Waals surface area contributed by atoms with Gasteiger partial charge in [0.15, 0.2) is 0 Å². The first-order valence-electron chi connectivity index (χ1n) is 5.69. The predicted octanol–water partition coefficient (Wildman–Crippen LogP) is 2.46. The lowest BCUT2D eigenvalue weighted by molar-refractivity contribution is -0.124. The van der Waals surface area contributed by atoms with Crippen molar-refractivity contribution in [1.82, 2.24) is 4.90 Å². The number of likely N-dealkylation sites (N-methyl/N-ethyl adjacent to an activating group) is 1. The molecule has 6 heteroatoms. The van der Waals surface area contributed by atoms with Gasteiger partial charge in [-0.2, -0.15) is 5.26 Å². The van der Waals surface area contributed by atoms with Gasteiger partial charge in [0, 0.05) is 25.7 Å². The second-order valence-corrected chi connectivity index (χ2v) is 4.95. The molecule has 5 nitrogen and oxygen atoms in total. The minimum atomic E-state index is -0.360. The summed E-state index contributed by atoms with van der Waals surface area (Å²) in [4.78, 5) is 13.2. The van der Waals surface area contributed by atoms with Crippen LogP contribution < -0.4 is 9.47 Å². The van der Waals surface area contributed by atoms with Crippen molar-refractivity contribution in [3.63, 3.8) is 0 Å². The molecule has 0 radical (unpaired) electrons. The van der Waals surface area contributed by atoms with E-state index in [0.29, 0.717) is 21.5 Å². The summed E-state index contributed by atoms with van der Waals surface area (Å²) in [6.07, 6.45) is 1.49. The maximum absolute atomic E-state index is 11.8. The minimum absolute atomic E-state index is 0.0327. The molecule has 1 aromatic rings. The summed E-state index contributed by atoms with van der Waals surface area (Å²) in [7, 11) is 6.24. The molecule has 0 spiro atoms. The SMILES string of the molecule is COc1cc(OC)c(/C=C(/C#N)C(=O)N(C)C)cc1Br. The number of ether oxygens (including phenoxy) is 2. The molecule has 1 rings (SSSR count). The van der Waals surface area contributed by atoms with E-state index in [9.17, 15) is 4.79 Å². The van der Waals surface area contributed by atoms with E-state index in [-0.39, 0.29) is 11.5 Å². The van der Waals surface area contributed by atoms with Crippen molar-refractivity contribution in [3.05, 3.63) is 27.7 Å². The summed E-state index contributed by atoms with van der Waals surface area (Å²) in [6.45, 7) is 0. The van der Waals surface area contributed by atoms with Gasteiger partial charge >= 0.3 is 0 Å². The number of hydrogen-bond acceptors (Lipinski definition) is 4. The standard InChI is InChI=1S/C14H15BrN2O3/c1-17(2)14(18)10(8-16)5-9-6-11(15)13(20-4)7-12(9)19-3/h5-7H,1-4H3/b10-5-. The first-order chi connectivity index (χ1) is 9.44. The highest BCUT2D eigenvalue weighted by atomic mass is 79.9. The number of amides is 1. The summed E-state index contributed by atoms with van der Waals surface area (Å²) in [5.41, 5.74) is 0.650. The largest absolute Gasteiger partial charge is 0.496 e. The average Bonchev–Trinajstić information content (AvgIpc) is 2.43. The van der Waals surface area contributed by atoms with Crippen molar-refractivity contribution in [3.8, 4) is 17.6 Å². The molecule has 0 aromatic heterocycles.